The predicted molar refractivity (Wildman–Crippen MR) is 149 cm³/mol. The summed E-state index contributed by atoms with van der Waals surface area (Å²) >= 11 is 1.09. The Hall–Kier alpha value is -3.71. The fraction of sp³-hybridized carbons (Fsp3) is 0.429. The number of rotatable bonds is 6. The average molecular weight is 589 g/mol. The predicted octanol–water partition coefficient (Wildman–Crippen LogP) is 4.73. The molecule has 13 heteroatoms. The van der Waals surface area contributed by atoms with Crippen molar-refractivity contribution >= 4 is 28.9 Å². The van der Waals surface area contributed by atoms with Crippen molar-refractivity contribution in [3.8, 4) is 17.0 Å². The van der Waals surface area contributed by atoms with Gasteiger partial charge in [-0.2, -0.15) is 23.4 Å². The van der Waals surface area contributed by atoms with Gasteiger partial charge in [-0.25, -0.2) is 5.43 Å². The third kappa shape index (κ3) is 6.15. The van der Waals surface area contributed by atoms with Crippen LogP contribution in [0.3, 0.4) is 0 Å². The minimum Gasteiger partial charge on any atom is -0.504 e. The van der Waals surface area contributed by atoms with Gasteiger partial charge in [0.1, 0.15) is 5.69 Å². The summed E-state index contributed by atoms with van der Waals surface area (Å²) in [5, 5.41) is 19.1. The summed E-state index contributed by atoms with van der Waals surface area (Å²) in [6.45, 7) is 5.22. The number of halogens is 3. The number of thiophene rings is 1. The molecule has 1 aromatic carbocycles. The van der Waals surface area contributed by atoms with Crippen molar-refractivity contribution in [3.05, 3.63) is 57.4 Å². The maximum Gasteiger partial charge on any atom is 0.416 e. The van der Waals surface area contributed by atoms with E-state index in [9.17, 15) is 27.9 Å². The number of benzene rings is 1. The normalized spacial score (nSPS) is 17.3. The summed E-state index contributed by atoms with van der Waals surface area (Å²) in [6.07, 6.45) is -0.0651. The number of carbonyl (C=O) groups excluding carboxylic acids is 2. The Morgan fingerprint density at radius 1 is 1.02 bits per heavy atom. The van der Waals surface area contributed by atoms with Gasteiger partial charge in [0.25, 0.3) is 11.8 Å². The molecule has 2 N–H and O–H groups in total. The molecule has 0 bridgehead atoms. The number of alkyl halides is 3. The second-order valence-electron chi connectivity index (χ2n) is 10.3. The number of aryl methyl sites for hydroxylation is 1. The molecule has 0 spiro atoms. The molecule has 2 amide bonds. The molecule has 5 rings (SSSR count). The molecular weight excluding hydrogens is 557 g/mol. The molecule has 0 unspecified atom stereocenters. The molecule has 4 heterocycles. The number of aromatic hydroxyl groups is 1. The molecule has 2 aliphatic heterocycles. The molecule has 9 nitrogen and oxygen atoms in total. The summed E-state index contributed by atoms with van der Waals surface area (Å²) < 4.78 is 40.1. The lowest BCUT2D eigenvalue weighted by Gasteiger charge is -2.36. The lowest BCUT2D eigenvalue weighted by molar-refractivity contribution is -0.137. The quantitative estimate of drug-likeness (QED) is 0.320. The zero-order valence-electron chi connectivity index (χ0n) is 22.7. The van der Waals surface area contributed by atoms with E-state index in [1.54, 1.807) is 19.2 Å². The highest BCUT2D eigenvalue weighted by Gasteiger charge is 2.31. The van der Waals surface area contributed by atoms with Crippen molar-refractivity contribution in [3.63, 3.8) is 0 Å². The monoisotopic (exact) mass is 588 g/mol. The van der Waals surface area contributed by atoms with Crippen LogP contribution in [0.15, 0.2) is 41.5 Å². The van der Waals surface area contributed by atoms with Crippen LogP contribution in [-0.4, -0.2) is 74.4 Å². The summed E-state index contributed by atoms with van der Waals surface area (Å²) in [4.78, 5) is 31.0. The minimum absolute atomic E-state index is 0.0714. The van der Waals surface area contributed by atoms with E-state index < -0.39 is 17.6 Å². The van der Waals surface area contributed by atoms with Gasteiger partial charge in [-0.1, -0.05) is 12.1 Å². The molecule has 0 atom stereocenters. The summed E-state index contributed by atoms with van der Waals surface area (Å²) in [6, 6.07) is 8.13. The smallest absolute Gasteiger partial charge is 0.416 e. The van der Waals surface area contributed by atoms with Gasteiger partial charge in [-0.3, -0.25) is 14.3 Å². The lowest BCUT2D eigenvalue weighted by Crippen LogP contribution is -2.45. The minimum atomic E-state index is -4.47. The molecule has 0 aliphatic carbocycles. The van der Waals surface area contributed by atoms with E-state index in [2.05, 4.69) is 20.5 Å². The highest BCUT2D eigenvalue weighted by atomic mass is 32.1. The molecule has 0 radical (unpaired) electrons. The molecule has 2 aliphatic rings. The van der Waals surface area contributed by atoms with Gasteiger partial charge >= 0.3 is 6.18 Å². The van der Waals surface area contributed by atoms with Crippen molar-refractivity contribution in [2.24, 2.45) is 12.1 Å². The first kappa shape index (κ1) is 28.8. The highest BCUT2D eigenvalue weighted by Crippen LogP contribution is 2.35. The zero-order chi connectivity index (χ0) is 29.3. The van der Waals surface area contributed by atoms with E-state index in [1.165, 1.54) is 36.6 Å². The van der Waals surface area contributed by atoms with Gasteiger partial charge < -0.3 is 14.9 Å². The Balaban J connectivity index is 1.21. The SMILES string of the molecule is C/C(=N\NC(=O)c1ccc(C(=O)N2CCC(N3CCCC3)CC2)s1)c1nn(C)c(-c2ccc(C(F)(F)F)cc2)c1O. The van der Waals surface area contributed by atoms with Crippen LogP contribution in [0.4, 0.5) is 13.2 Å². The molecule has 2 saturated heterocycles. The number of aromatic nitrogens is 2. The number of carbonyl (C=O) groups is 2. The number of hydrogen-bond acceptors (Lipinski definition) is 7. The number of piperidine rings is 1. The van der Waals surface area contributed by atoms with E-state index in [0.717, 1.165) is 49.4 Å². The molecule has 218 valence electrons. The van der Waals surface area contributed by atoms with Gasteiger partial charge in [0.2, 0.25) is 0 Å². The van der Waals surface area contributed by atoms with Gasteiger partial charge in [-0.05, 0) is 70.0 Å². The van der Waals surface area contributed by atoms with Gasteiger partial charge in [0.05, 0.1) is 21.0 Å². The first-order valence-electron chi connectivity index (χ1n) is 13.4. The molecular formula is C28H31F3N6O3S. The van der Waals surface area contributed by atoms with E-state index >= 15 is 0 Å². The van der Waals surface area contributed by atoms with Crippen LogP contribution in [0.5, 0.6) is 5.75 Å². The highest BCUT2D eigenvalue weighted by molar-refractivity contribution is 7.15. The van der Waals surface area contributed by atoms with Gasteiger partial charge in [0.15, 0.2) is 11.4 Å². The van der Waals surface area contributed by atoms with E-state index in [0.29, 0.717) is 34.4 Å². The Kier molecular flexibility index (Phi) is 8.18. The molecule has 41 heavy (non-hydrogen) atoms. The topological polar surface area (TPSA) is 103 Å². The Labute approximate surface area is 239 Å². The van der Waals surface area contributed by atoms with Crippen molar-refractivity contribution in [2.45, 2.75) is 44.8 Å². The number of amides is 2. The maximum atomic E-state index is 13.0. The Morgan fingerprint density at radius 2 is 1.66 bits per heavy atom. The van der Waals surface area contributed by atoms with Crippen LogP contribution >= 0.6 is 11.3 Å². The van der Waals surface area contributed by atoms with Crippen molar-refractivity contribution in [1.29, 1.82) is 0 Å². The van der Waals surface area contributed by atoms with E-state index in [-0.39, 0.29) is 28.8 Å². The van der Waals surface area contributed by atoms with Gasteiger partial charge in [-0.15, -0.1) is 11.3 Å². The second kappa shape index (κ2) is 11.6. The van der Waals surface area contributed by atoms with Crippen molar-refractivity contribution < 1.29 is 27.9 Å². The van der Waals surface area contributed by atoms with Crippen LogP contribution in [0.25, 0.3) is 11.3 Å². The maximum absolute atomic E-state index is 13.0. The number of hydrazone groups is 1. The van der Waals surface area contributed by atoms with Crippen LogP contribution in [0, 0.1) is 0 Å². The van der Waals surface area contributed by atoms with Crippen LogP contribution < -0.4 is 5.43 Å². The van der Waals surface area contributed by atoms with Crippen LogP contribution in [0.1, 0.15) is 63.2 Å². The zero-order valence-corrected chi connectivity index (χ0v) is 23.6. The Morgan fingerprint density at radius 3 is 2.29 bits per heavy atom. The van der Waals surface area contributed by atoms with Crippen molar-refractivity contribution in [1.82, 2.24) is 25.0 Å². The lowest BCUT2D eigenvalue weighted by atomic mass is 10.0. The summed E-state index contributed by atoms with van der Waals surface area (Å²) in [5.74, 6) is -0.873. The molecule has 0 saturated carbocycles. The third-order valence-electron chi connectivity index (χ3n) is 7.63. The fourth-order valence-electron chi connectivity index (χ4n) is 5.41. The van der Waals surface area contributed by atoms with E-state index in [1.807, 2.05) is 4.90 Å². The standard InChI is InChI=1S/C28H31F3N6O3S/c1-17(23-25(38)24(35(2)34-23)18-5-7-19(8-6-18)28(29,30)31)32-33-26(39)21-9-10-22(41-21)27(40)37-15-11-20(12-16-37)36-13-3-4-14-36/h5-10,20,38H,3-4,11-16H2,1-2H3,(H,33,39)/b32-17+. The van der Waals surface area contributed by atoms with Crippen molar-refractivity contribution in [2.75, 3.05) is 26.2 Å². The summed E-state index contributed by atoms with van der Waals surface area (Å²) in [7, 11) is 1.54. The summed E-state index contributed by atoms with van der Waals surface area (Å²) in [5.41, 5.74) is 2.44. The molecule has 2 fully saturated rings. The Bertz CT molecular complexity index is 1450. The number of likely N-dealkylation sites (tertiary alicyclic amines) is 2. The van der Waals surface area contributed by atoms with Crippen LogP contribution in [-0.2, 0) is 13.2 Å². The number of nitrogens with one attached hydrogen (secondary N) is 1. The first-order chi connectivity index (χ1) is 19.5. The van der Waals surface area contributed by atoms with E-state index in [4.69, 9.17) is 0 Å². The number of nitrogens with zero attached hydrogens (tertiary/aromatic N) is 5. The van der Waals surface area contributed by atoms with Crippen LogP contribution in [0.2, 0.25) is 0 Å². The largest absolute Gasteiger partial charge is 0.504 e. The first-order valence-corrected chi connectivity index (χ1v) is 14.3. The average Bonchev–Trinajstić information content (AvgIpc) is 3.72. The number of hydrogen-bond donors (Lipinski definition) is 2. The van der Waals surface area contributed by atoms with Gasteiger partial charge in [0, 0.05) is 31.7 Å². The molecule has 3 aromatic rings. The fourth-order valence-corrected chi connectivity index (χ4v) is 6.28. The second-order valence-corrected chi connectivity index (χ2v) is 11.4. The molecule has 2 aromatic heterocycles. The third-order valence-corrected chi connectivity index (χ3v) is 8.70.